The van der Waals surface area contributed by atoms with Crippen LogP contribution in [0.2, 0.25) is 0 Å². The monoisotopic (exact) mass is 492 g/mol. The van der Waals surface area contributed by atoms with Crippen molar-refractivity contribution >= 4 is 11.8 Å². The Morgan fingerprint density at radius 3 is 2.14 bits per heavy atom. The second-order valence-electron chi connectivity index (χ2n) is 8.79. The molecule has 190 valence electrons. The molecule has 0 aromatic heterocycles. The first-order valence-electron chi connectivity index (χ1n) is 11.9. The summed E-state index contributed by atoms with van der Waals surface area (Å²) in [5.41, 5.74) is 2.42. The molecule has 0 radical (unpaired) electrons. The van der Waals surface area contributed by atoms with Gasteiger partial charge in [0.15, 0.2) is 11.5 Å². The quantitative estimate of drug-likeness (QED) is 0.412. The zero-order chi connectivity index (χ0) is 26.1. The Morgan fingerprint density at radius 1 is 0.889 bits per heavy atom. The third kappa shape index (κ3) is 6.84. The number of methoxy groups -OCH3 is 2. The van der Waals surface area contributed by atoms with E-state index in [0.717, 1.165) is 11.1 Å². The number of carbonyl (C=O) groups excluding carboxylic acids is 2. The predicted octanol–water partition coefficient (Wildman–Crippen LogP) is 4.93. The van der Waals surface area contributed by atoms with Crippen molar-refractivity contribution in [2.45, 2.75) is 32.9 Å². The predicted molar refractivity (Wildman–Crippen MR) is 137 cm³/mol. The summed E-state index contributed by atoms with van der Waals surface area (Å²) in [5, 5.41) is 3.00. The van der Waals surface area contributed by atoms with Gasteiger partial charge in [-0.2, -0.15) is 0 Å². The van der Waals surface area contributed by atoms with Crippen molar-refractivity contribution in [3.8, 4) is 11.5 Å². The molecule has 0 spiro atoms. The molecular weight excluding hydrogens is 459 g/mol. The molecule has 2 amide bonds. The van der Waals surface area contributed by atoms with Gasteiger partial charge in [-0.05, 0) is 47.4 Å². The zero-order valence-corrected chi connectivity index (χ0v) is 21.2. The van der Waals surface area contributed by atoms with Crippen LogP contribution in [0.4, 0.5) is 4.39 Å². The first-order chi connectivity index (χ1) is 17.3. The first kappa shape index (κ1) is 26.7. The Morgan fingerprint density at radius 2 is 1.53 bits per heavy atom. The summed E-state index contributed by atoms with van der Waals surface area (Å²) in [6.45, 7) is 4.16. The SMILES string of the molecule is COc1ccc(CCNC(=O)[C@H](c2ccccc2)N(Cc2ccc(F)cc2)C(=O)C(C)C)cc1OC. The van der Waals surface area contributed by atoms with Crippen LogP contribution in [0.5, 0.6) is 11.5 Å². The molecule has 6 nitrogen and oxygen atoms in total. The highest BCUT2D eigenvalue weighted by Gasteiger charge is 2.32. The van der Waals surface area contributed by atoms with E-state index in [4.69, 9.17) is 9.47 Å². The number of ether oxygens (including phenoxy) is 2. The van der Waals surface area contributed by atoms with Gasteiger partial charge in [0.05, 0.1) is 14.2 Å². The molecule has 3 rings (SSSR count). The molecule has 36 heavy (non-hydrogen) atoms. The molecule has 0 saturated heterocycles. The number of benzene rings is 3. The number of hydrogen-bond acceptors (Lipinski definition) is 4. The van der Waals surface area contributed by atoms with E-state index in [1.54, 1.807) is 45.1 Å². The van der Waals surface area contributed by atoms with Gasteiger partial charge in [0.1, 0.15) is 11.9 Å². The van der Waals surface area contributed by atoms with Crippen molar-refractivity contribution in [1.82, 2.24) is 10.2 Å². The standard InChI is InChI=1S/C29H33FN2O4/c1-20(2)29(34)32(19-22-10-13-24(30)14-11-22)27(23-8-6-5-7-9-23)28(33)31-17-16-21-12-15-25(35-3)26(18-21)36-4/h5-15,18,20,27H,16-17,19H2,1-4H3,(H,31,33)/t27-/m0/s1. The number of nitrogens with one attached hydrogen (secondary N) is 1. The Bertz CT molecular complexity index is 1150. The highest BCUT2D eigenvalue weighted by Crippen LogP contribution is 2.28. The van der Waals surface area contributed by atoms with E-state index in [9.17, 15) is 14.0 Å². The van der Waals surface area contributed by atoms with Gasteiger partial charge in [0.2, 0.25) is 11.8 Å². The number of hydrogen-bond donors (Lipinski definition) is 1. The van der Waals surface area contributed by atoms with E-state index in [1.807, 2.05) is 48.5 Å². The van der Waals surface area contributed by atoms with Gasteiger partial charge >= 0.3 is 0 Å². The number of halogens is 1. The van der Waals surface area contributed by atoms with Crippen LogP contribution in [0, 0.1) is 11.7 Å². The Kier molecular flexibility index (Phi) is 9.45. The molecule has 1 atom stereocenters. The summed E-state index contributed by atoms with van der Waals surface area (Å²) in [7, 11) is 3.16. The lowest BCUT2D eigenvalue weighted by Gasteiger charge is -2.33. The maximum atomic E-state index is 13.6. The minimum absolute atomic E-state index is 0.164. The van der Waals surface area contributed by atoms with Crippen LogP contribution in [-0.2, 0) is 22.6 Å². The molecule has 1 N–H and O–H groups in total. The molecular formula is C29H33FN2O4. The van der Waals surface area contributed by atoms with Crippen molar-refractivity contribution in [2.24, 2.45) is 5.92 Å². The first-order valence-corrected chi connectivity index (χ1v) is 11.9. The maximum Gasteiger partial charge on any atom is 0.247 e. The van der Waals surface area contributed by atoms with Crippen molar-refractivity contribution in [3.63, 3.8) is 0 Å². The van der Waals surface area contributed by atoms with Crippen molar-refractivity contribution < 1.29 is 23.5 Å². The van der Waals surface area contributed by atoms with E-state index in [0.29, 0.717) is 30.0 Å². The van der Waals surface area contributed by atoms with Gasteiger partial charge in [-0.15, -0.1) is 0 Å². The molecule has 3 aromatic rings. The van der Waals surface area contributed by atoms with Crippen molar-refractivity contribution in [2.75, 3.05) is 20.8 Å². The van der Waals surface area contributed by atoms with Gasteiger partial charge in [-0.3, -0.25) is 9.59 Å². The average Bonchev–Trinajstić information content (AvgIpc) is 2.89. The summed E-state index contributed by atoms with van der Waals surface area (Å²) in [6, 6.07) is 20.0. The van der Waals surface area contributed by atoms with Crippen LogP contribution in [-0.4, -0.2) is 37.5 Å². The molecule has 3 aromatic carbocycles. The van der Waals surface area contributed by atoms with Gasteiger partial charge in [-0.25, -0.2) is 4.39 Å². The van der Waals surface area contributed by atoms with Crippen molar-refractivity contribution in [1.29, 1.82) is 0 Å². The average molecular weight is 493 g/mol. The summed E-state index contributed by atoms with van der Waals surface area (Å²) in [4.78, 5) is 28.4. The van der Waals surface area contributed by atoms with Gasteiger partial charge in [0, 0.05) is 19.0 Å². The molecule has 0 fully saturated rings. The normalized spacial score (nSPS) is 11.6. The van der Waals surface area contributed by atoms with Crippen LogP contribution in [0.3, 0.4) is 0 Å². The number of nitrogens with zero attached hydrogens (tertiary/aromatic N) is 1. The van der Waals surface area contributed by atoms with E-state index in [2.05, 4.69) is 5.32 Å². The fraction of sp³-hybridized carbons (Fsp3) is 0.310. The topological polar surface area (TPSA) is 67.9 Å². The van der Waals surface area contributed by atoms with E-state index in [1.165, 1.54) is 12.1 Å². The third-order valence-electron chi connectivity index (χ3n) is 5.88. The van der Waals surface area contributed by atoms with Gasteiger partial charge in [0.25, 0.3) is 0 Å². The molecule has 7 heteroatoms. The summed E-state index contributed by atoms with van der Waals surface area (Å²) in [6.07, 6.45) is 0.573. The van der Waals surface area contributed by atoms with E-state index in [-0.39, 0.29) is 30.1 Å². The Hall–Kier alpha value is -3.87. The lowest BCUT2D eigenvalue weighted by Crippen LogP contribution is -2.45. The molecule has 0 bridgehead atoms. The van der Waals surface area contributed by atoms with Gasteiger partial charge in [-0.1, -0.05) is 62.4 Å². The second kappa shape index (κ2) is 12.7. The minimum Gasteiger partial charge on any atom is -0.493 e. The fourth-order valence-electron chi connectivity index (χ4n) is 3.99. The number of amides is 2. The summed E-state index contributed by atoms with van der Waals surface area (Å²) < 4.78 is 24.1. The third-order valence-corrected chi connectivity index (χ3v) is 5.88. The van der Waals surface area contributed by atoms with Crippen LogP contribution in [0.1, 0.15) is 36.6 Å². The summed E-state index contributed by atoms with van der Waals surface area (Å²) in [5.74, 6) is 0.139. The molecule has 0 aliphatic heterocycles. The van der Waals surface area contributed by atoms with Gasteiger partial charge < -0.3 is 19.7 Å². The van der Waals surface area contributed by atoms with Crippen molar-refractivity contribution in [3.05, 3.63) is 95.3 Å². The highest BCUT2D eigenvalue weighted by atomic mass is 19.1. The fourth-order valence-corrected chi connectivity index (χ4v) is 3.99. The highest BCUT2D eigenvalue weighted by molar-refractivity contribution is 5.89. The zero-order valence-electron chi connectivity index (χ0n) is 21.2. The summed E-state index contributed by atoms with van der Waals surface area (Å²) >= 11 is 0. The van der Waals surface area contributed by atoms with E-state index >= 15 is 0 Å². The largest absolute Gasteiger partial charge is 0.493 e. The minimum atomic E-state index is -0.837. The van der Waals surface area contributed by atoms with Crippen LogP contribution in [0.25, 0.3) is 0 Å². The lowest BCUT2D eigenvalue weighted by molar-refractivity contribution is -0.144. The lowest BCUT2D eigenvalue weighted by atomic mass is 10.0. The second-order valence-corrected chi connectivity index (χ2v) is 8.79. The molecule has 0 heterocycles. The van der Waals surface area contributed by atoms with E-state index < -0.39 is 6.04 Å². The number of rotatable bonds is 11. The molecule has 0 saturated carbocycles. The molecule has 0 unspecified atom stereocenters. The van der Waals surface area contributed by atoms with Crippen LogP contribution < -0.4 is 14.8 Å². The molecule has 0 aliphatic rings. The maximum absolute atomic E-state index is 13.6. The molecule has 0 aliphatic carbocycles. The Labute approximate surface area is 212 Å². The number of carbonyl (C=O) groups is 2. The van der Waals surface area contributed by atoms with Crippen LogP contribution in [0.15, 0.2) is 72.8 Å². The smallest absolute Gasteiger partial charge is 0.247 e. The van der Waals surface area contributed by atoms with Crippen LogP contribution >= 0.6 is 0 Å². The Balaban J connectivity index is 1.83.